The molecule has 1 aromatic rings. The van der Waals surface area contributed by atoms with Crippen molar-refractivity contribution in [2.75, 3.05) is 13.1 Å². The zero-order valence-corrected chi connectivity index (χ0v) is 13.0. The summed E-state index contributed by atoms with van der Waals surface area (Å²) in [6.45, 7) is 6.18. The molecule has 0 aliphatic carbocycles. The molecule has 4 heteroatoms. The molecule has 1 aromatic carbocycles. The number of hydrogen-bond donors (Lipinski definition) is 1. The molecule has 1 fully saturated rings. The summed E-state index contributed by atoms with van der Waals surface area (Å²) in [5, 5.41) is 3.48. The number of amides is 1. The third kappa shape index (κ3) is 5.05. The van der Waals surface area contributed by atoms with E-state index in [-0.39, 0.29) is 12.1 Å². The average molecular weight is 290 g/mol. The second-order valence-electron chi connectivity index (χ2n) is 5.93. The Morgan fingerprint density at radius 1 is 1.33 bits per heavy atom. The van der Waals surface area contributed by atoms with Gasteiger partial charge >= 0.3 is 6.09 Å². The molecular formula is C17H26N2O2. The fourth-order valence-electron chi connectivity index (χ4n) is 2.62. The van der Waals surface area contributed by atoms with Crippen LogP contribution < -0.4 is 5.32 Å². The predicted molar refractivity (Wildman–Crippen MR) is 84.1 cm³/mol. The van der Waals surface area contributed by atoms with E-state index >= 15 is 0 Å². The zero-order chi connectivity index (χ0) is 15.1. The standard InChI is InChI=1S/C17H26N2O2/c1-14(2)19(12-16-10-6-7-11-18-16)17(20)21-13-15-8-4-3-5-9-15/h3-5,8-9,14,16,18H,6-7,10-13H2,1-2H3/t16-/m0/s1. The van der Waals surface area contributed by atoms with Crippen LogP contribution in [0.5, 0.6) is 0 Å². The minimum absolute atomic E-state index is 0.150. The minimum Gasteiger partial charge on any atom is -0.445 e. The molecule has 0 saturated carbocycles. The monoisotopic (exact) mass is 290 g/mol. The number of ether oxygens (including phenoxy) is 1. The Kier molecular flexibility index (Phi) is 6.05. The quantitative estimate of drug-likeness (QED) is 0.905. The number of hydrogen-bond acceptors (Lipinski definition) is 3. The fourth-order valence-corrected chi connectivity index (χ4v) is 2.62. The maximum Gasteiger partial charge on any atom is 0.410 e. The summed E-state index contributed by atoms with van der Waals surface area (Å²) in [7, 11) is 0. The molecule has 1 saturated heterocycles. The van der Waals surface area contributed by atoms with Crippen molar-refractivity contribution < 1.29 is 9.53 Å². The van der Waals surface area contributed by atoms with Crippen LogP contribution in [0.2, 0.25) is 0 Å². The number of nitrogens with zero attached hydrogens (tertiary/aromatic N) is 1. The zero-order valence-electron chi connectivity index (χ0n) is 13.0. The summed E-state index contributed by atoms with van der Waals surface area (Å²) in [4.78, 5) is 14.1. The second-order valence-corrected chi connectivity index (χ2v) is 5.93. The van der Waals surface area contributed by atoms with E-state index in [1.807, 2.05) is 49.1 Å². The number of rotatable bonds is 5. The van der Waals surface area contributed by atoms with E-state index < -0.39 is 0 Å². The molecule has 0 aromatic heterocycles. The van der Waals surface area contributed by atoms with E-state index in [1.165, 1.54) is 12.8 Å². The summed E-state index contributed by atoms with van der Waals surface area (Å²) in [6, 6.07) is 10.3. The summed E-state index contributed by atoms with van der Waals surface area (Å²) in [5.41, 5.74) is 1.02. The van der Waals surface area contributed by atoms with Crippen LogP contribution in [-0.4, -0.2) is 36.2 Å². The van der Waals surface area contributed by atoms with Crippen LogP contribution in [0.1, 0.15) is 38.7 Å². The number of nitrogens with one attached hydrogen (secondary N) is 1. The molecule has 1 atom stereocenters. The van der Waals surface area contributed by atoms with Crippen molar-refractivity contribution in [3.8, 4) is 0 Å². The fraction of sp³-hybridized carbons (Fsp3) is 0.588. The van der Waals surface area contributed by atoms with Crippen molar-refractivity contribution in [2.24, 2.45) is 0 Å². The van der Waals surface area contributed by atoms with Crippen LogP contribution in [0.25, 0.3) is 0 Å². The Morgan fingerprint density at radius 2 is 2.10 bits per heavy atom. The first-order valence-electron chi connectivity index (χ1n) is 7.87. The molecule has 0 radical (unpaired) electrons. The summed E-state index contributed by atoms with van der Waals surface area (Å²) in [5.74, 6) is 0. The van der Waals surface area contributed by atoms with Gasteiger partial charge in [-0.1, -0.05) is 36.8 Å². The van der Waals surface area contributed by atoms with Crippen molar-refractivity contribution in [1.82, 2.24) is 10.2 Å². The molecule has 116 valence electrons. The maximum atomic E-state index is 12.3. The molecular weight excluding hydrogens is 264 g/mol. The summed E-state index contributed by atoms with van der Waals surface area (Å²) >= 11 is 0. The largest absolute Gasteiger partial charge is 0.445 e. The number of piperidine rings is 1. The molecule has 1 heterocycles. The van der Waals surface area contributed by atoms with Crippen LogP contribution in [0, 0.1) is 0 Å². The van der Waals surface area contributed by atoms with Crippen LogP contribution in [0.3, 0.4) is 0 Å². The van der Waals surface area contributed by atoms with Gasteiger partial charge in [0.15, 0.2) is 0 Å². The van der Waals surface area contributed by atoms with E-state index in [0.717, 1.165) is 25.1 Å². The van der Waals surface area contributed by atoms with Crippen molar-refractivity contribution in [1.29, 1.82) is 0 Å². The van der Waals surface area contributed by atoms with Gasteiger partial charge in [0.1, 0.15) is 6.61 Å². The molecule has 0 unspecified atom stereocenters. The van der Waals surface area contributed by atoms with Gasteiger partial charge in [-0.2, -0.15) is 0 Å². The number of carbonyl (C=O) groups excluding carboxylic acids is 1. The topological polar surface area (TPSA) is 41.6 Å². The van der Waals surface area contributed by atoms with Gasteiger partial charge in [0.05, 0.1) is 0 Å². The highest BCUT2D eigenvalue weighted by atomic mass is 16.6. The van der Waals surface area contributed by atoms with Crippen molar-refractivity contribution in [2.45, 2.75) is 51.8 Å². The molecule has 1 aliphatic rings. The molecule has 1 aliphatic heterocycles. The first-order chi connectivity index (χ1) is 10.2. The lowest BCUT2D eigenvalue weighted by atomic mass is 10.0. The van der Waals surface area contributed by atoms with Crippen LogP contribution in [-0.2, 0) is 11.3 Å². The Hall–Kier alpha value is -1.55. The molecule has 4 nitrogen and oxygen atoms in total. The Balaban J connectivity index is 1.86. The number of carbonyl (C=O) groups is 1. The van der Waals surface area contributed by atoms with Crippen LogP contribution in [0.15, 0.2) is 30.3 Å². The SMILES string of the molecule is CC(C)N(C[C@@H]1CCCCN1)C(=O)OCc1ccccc1. The highest BCUT2D eigenvalue weighted by molar-refractivity contribution is 5.68. The van der Waals surface area contributed by atoms with Gasteiger partial charge < -0.3 is 15.0 Å². The van der Waals surface area contributed by atoms with E-state index in [1.54, 1.807) is 0 Å². The minimum atomic E-state index is -0.221. The molecule has 21 heavy (non-hydrogen) atoms. The third-order valence-corrected chi connectivity index (χ3v) is 3.89. The highest BCUT2D eigenvalue weighted by Gasteiger charge is 2.23. The van der Waals surface area contributed by atoms with Crippen molar-refractivity contribution >= 4 is 6.09 Å². The summed E-state index contributed by atoms with van der Waals surface area (Å²) < 4.78 is 5.45. The van der Waals surface area contributed by atoms with E-state index in [9.17, 15) is 4.79 Å². The first kappa shape index (κ1) is 15.8. The van der Waals surface area contributed by atoms with Crippen LogP contribution in [0.4, 0.5) is 4.79 Å². The van der Waals surface area contributed by atoms with Gasteiger partial charge in [-0.3, -0.25) is 0 Å². The molecule has 0 spiro atoms. The Morgan fingerprint density at radius 3 is 2.71 bits per heavy atom. The van der Waals surface area contributed by atoms with E-state index in [2.05, 4.69) is 5.32 Å². The smallest absolute Gasteiger partial charge is 0.410 e. The molecule has 0 bridgehead atoms. The highest BCUT2D eigenvalue weighted by Crippen LogP contribution is 2.12. The Bertz CT molecular complexity index is 428. The second kappa shape index (κ2) is 8.03. The lowest BCUT2D eigenvalue weighted by Crippen LogP contribution is -2.48. The predicted octanol–water partition coefficient (Wildman–Crippen LogP) is 3.18. The van der Waals surface area contributed by atoms with Crippen molar-refractivity contribution in [3.63, 3.8) is 0 Å². The average Bonchev–Trinajstić information content (AvgIpc) is 2.52. The Labute approximate surface area is 127 Å². The normalized spacial score (nSPS) is 18.5. The van der Waals surface area contributed by atoms with Crippen LogP contribution >= 0.6 is 0 Å². The van der Waals surface area contributed by atoms with Gasteiger partial charge in [-0.05, 0) is 38.8 Å². The summed E-state index contributed by atoms with van der Waals surface area (Å²) in [6.07, 6.45) is 3.38. The van der Waals surface area contributed by atoms with Gasteiger partial charge in [-0.15, -0.1) is 0 Å². The molecule has 1 amide bonds. The molecule has 2 rings (SSSR count). The lowest BCUT2D eigenvalue weighted by molar-refractivity contribution is 0.0799. The number of benzene rings is 1. The third-order valence-electron chi connectivity index (χ3n) is 3.89. The van der Waals surface area contributed by atoms with E-state index in [4.69, 9.17) is 4.74 Å². The first-order valence-corrected chi connectivity index (χ1v) is 7.87. The van der Waals surface area contributed by atoms with Gasteiger partial charge in [-0.25, -0.2) is 4.79 Å². The molecule has 1 N–H and O–H groups in total. The van der Waals surface area contributed by atoms with Crippen molar-refractivity contribution in [3.05, 3.63) is 35.9 Å². The maximum absolute atomic E-state index is 12.3. The van der Waals surface area contributed by atoms with Gasteiger partial charge in [0.2, 0.25) is 0 Å². The van der Waals surface area contributed by atoms with E-state index in [0.29, 0.717) is 12.6 Å². The van der Waals surface area contributed by atoms with Gasteiger partial charge in [0.25, 0.3) is 0 Å². The van der Waals surface area contributed by atoms with Gasteiger partial charge in [0, 0.05) is 18.6 Å². The lowest BCUT2D eigenvalue weighted by Gasteiger charge is -2.32.